The highest BCUT2D eigenvalue weighted by Gasteiger charge is 2.16. The van der Waals surface area contributed by atoms with E-state index in [0.29, 0.717) is 0 Å². The van der Waals surface area contributed by atoms with Gasteiger partial charge in [-0.1, -0.05) is 11.6 Å². The lowest BCUT2D eigenvalue weighted by Gasteiger charge is -2.16. The molecule has 1 rings (SSSR count). The van der Waals surface area contributed by atoms with Crippen molar-refractivity contribution in [2.75, 3.05) is 6.61 Å². The van der Waals surface area contributed by atoms with Gasteiger partial charge in [-0.15, -0.1) is 0 Å². The number of nitrogens with two attached hydrogens (primary N) is 1. The SMILES string of the molecule is NC(CO)C(O)c1cc(F)cc(Cl)c1. The van der Waals surface area contributed by atoms with E-state index in [-0.39, 0.29) is 17.2 Å². The van der Waals surface area contributed by atoms with Gasteiger partial charge in [-0.2, -0.15) is 0 Å². The Hall–Kier alpha value is -0.680. The normalized spacial score (nSPS) is 15.2. The molecule has 78 valence electrons. The molecule has 0 spiro atoms. The highest BCUT2D eigenvalue weighted by Crippen LogP contribution is 2.21. The van der Waals surface area contributed by atoms with Crippen LogP contribution < -0.4 is 5.73 Å². The van der Waals surface area contributed by atoms with Gasteiger partial charge in [0.25, 0.3) is 0 Å². The van der Waals surface area contributed by atoms with E-state index in [4.69, 9.17) is 22.4 Å². The van der Waals surface area contributed by atoms with E-state index in [9.17, 15) is 9.50 Å². The molecule has 3 nitrogen and oxygen atoms in total. The fourth-order valence-corrected chi connectivity index (χ4v) is 1.32. The van der Waals surface area contributed by atoms with E-state index in [1.165, 1.54) is 6.07 Å². The van der Waals surface area contributed by atoms with Crippen LogP contribution in [0.25, 0.3) is 0 Å². The molecule has 0 amide bonds. The molecular weight excluding hydrogens is 209 g/mol. The Kier molecular flexibility index (Phi) is 3.83. The Morgan fingerprint density at radius 2 is 2.07 bits per heavy atom. The zero-order chi connectivity index (χ0) is 10.7. The van der Waals surface area contributed by atoms with Gasteiger partial charge < -0.3 is 15.9 Å². The van der Waals surface area contributed by atoms with Crippen molar-refractivity contribution in [2.24, 2.45) is 5.73 Å². The van der Waals surface area contributed by atoms with Crippen LogP contribution in [0.2, 0.25) is 5.02 Å². The van der Waals surface area contributed by atoms with Crippen LogP contribution in [0.5, 0.6) is 0 Å². The third kappa shape index (κ3) is 2.65. The van der Waals surface area contributed by atoms with Crippen molar-refractivity contribution in [3.05, 3.63) is 34.6 Å². The molecule has 0 aromatic heterocycles. The average Bonchev–Trinajstić information content (AvgIpc) is 2.14. The molecule has 0 aliphatic heterocycles. The van der Waals surface area contributed by atoms with Crippen molar-refractivity contribution >= 4 is 11.6 Å². The number of rotatable bonds is 3. The summed E-state index contributed by atoms with van der Waals surface area (Å²) in [6.07, 6.45) is -1.12. The Morgan fingerprint density at radius 3 is 2.57 bits per heavy atom. The van der Waals surface area contributed by atoms with Gasteiger partial charge in [0.2, 0.25) is 0 Å². The first kappa shape index (κ1) is 11.4. The monoisotopic (exact) mass is 219 g/mol. The molecule has 1 aromatic carbocycles. The topological polar surface area (TPSA) is 66.5 Å². The molecular formula is C9H11ClFNO2. The molecule has 5 heteroatoms. The Bertz CT molecular complexity index is 301. The molecule has 0 aliphatic rings. The molecule has 0 aliphatic carbocycles. The van der Waals surface area contributed by atoms with Gasteiger partial charge in [0.15, 0.2) is 0 Å². The summed E-state index contributed by atoms with van der Waals surface area (Å²) >= 11 is 5.59. The van der Waals surface area contributed by atoms with E-state index in [2.05, 4.69) is 0 Å². The Morgan fingerprint density at radius 1 is 1.43 bits per heavy atom. The summed E-state index contributed by atoms with van der Waals surface area (Å²) in [6.45, 7) is -0.380. The number of benzene rings is 1. The van der Waals surface area contributed by atoms with Crippen LogP contribution in [0.3, 0.4) is 0 Å². The molecule has 2 atom stereocenters. The smallest absolute Gasteiger partial charge is 0.125 e. The summed E-state index contributed by atoms with van der Waals surface area (Å²) in [4.78, 5) is 0. The third-order valence-electron chi connectivity index (χ3n) is 1.84. The second kappa shape index (κ2) is 4.70. The zero-order valence-electron chi connectivity index (χ0n) is 7.32. The van der Waals surface area contributed by atoms with E-state index < -0.39 is 18.0 Å². The first-order valence-electron chi connectivity index (χ1n) is 4.05. The van der Waals surface area contributed by atoms with Gasteiger partial charge in [0.05, 0.1) is 18.8 Å². The number of halogens is 2. The molecule has 14 heavy (non-hydrogen) atoms. The maximum absolute atomic E-state index is 12.9. The van der Waals surface area contributed by atoms with Crippen molar-refractivity contribution < 1.29 is 14.6 Å². The molecule has 0 heterocycles. The quantitative estimate of drug-likeness (QED) is 0.706. The van der Waals surface area contributed by atoms with Crippen LogP contribution in [-0.2, 0) is 0 Å². The maximum Gasteiger partial charge on any atom is 0.125 e. The summed E-state index contributed by atoms with van der Waals surface area (Å²) in [5.74, 6) is -0.545. The molecule has 0 fully saturated rings. The first-order chi connectivity index (χ1) is 6.54. The summed E-state index contributed by atoms with van der Waals surface area (Å²) in [6, 6.07) is 2.83. The predicted molar refractivity (Wildman–Crippen MR) is 51.4 cm³/mol. The van der Waals surface area contributed by atoms with E-state index >= 15 is 0 Å². The summed E-state index contributed by atoms with van der Waals surface area (Å²) in [5.41, 5.74) is 5.64. The van der Waals surface area contributed by atoms with Gasteiger partial charge in [-0.05, 0) is 23.8 Å². The first-order valence-corrected chi connectivity index (χ1v) is 4.43. The summed E-state index contributed by atoms with van der Waals surface area (Å²) in [7, 11) is 0. The minimum absolute atomic E-state index is 0.184. The van der Waals surface area contributed by atoms with Crippen molar-refractivity contribution in [1.29, 1.82) is 0 Å². The van der Waals surface area contributed by atoms with E-state index in [1.807, 2.05) is 0 Å². The Labute approximate surface area is 85.9 Å². The largest absolute Gasteiger partial charge is 0.395 e. The average molecular weight is 220 g/mol. The van der Waals surface area contributed by atoms with Crippen LogP contribution in [0.4, 0.5) is 4.39 Å². The van der Waals surface area contributed by atoms with Gasteiger partial charge in [-0.25, -0.2) is 4.39 Å². The van der Waals surface area contributed by atoms with Gasteiger partial charge in [0.1, 0.15) is 5.82 Å². The van der Waals surface area contributed by atoms with Crippen LogP contribution >= 0.6 is 11.6 Å². The molecule has 0 bridgehead atoms. The van der Waals surface area contributed by atoms with Crippen molar-refractivity contribution in [1.82, 2.24) is 0 Å². The van der Waals surface area contributed by atoms with Gasteiger partial charge in [-0.3, -0.25) is 0 Å². The van der Waals surface area contributed by atoms with Crippen LogP contribution in [0.15, 0.2) is 18.2 Å². The summed E-state index contributed by atoms with van der Waals surface area (Å²) in [5, 5.41) is 18.4. The predicted octanol–water partition coefficient (Wildman–Crippen LogP) is 0.832. The molecule has 1 aromatic rings. The highest BCUT2D eigenvalue weighted by atomic mass is 35.5. The van der Waals surface area contributed by atoms with Crippen molar-refractivity contribution in [2.45, 2.75) is 12.1 Å². The molecule has 4 N–H and O–H groups in total. The number of aliphatic hydroxyl groups excluding tert-OH is 2. The van der Waals surface area contributed by atoms with E-state index in [1.54, 1.807) is 0 Å². The molecule has 0 saturated carbocycles. The minimum Gasteiger partial charge on any atom is -0.395 e. The lowest BCUT2D eigenvalue weighted by molar-refractivity contribution is 0.109. The molecule has 0 saturated heterocycles. The third-order valence-corrected chi connectivity index (χ3v) is 2.06. The summed E-state index contributed by atoms with van der Waals surface area (Å²) < 4.78 is 12.9. The van der Waals surface area contributed by atoms with Gasteiger partial charge >= 0.3 is 0 Å². The fourth-order valence-electron chi connectivity index (χ4n) is 1.09. The highest BCUT2D eigenvalue weighted by molar-refractivity contribution is 6.30. The zero-order valence-corrected chi connectivity index (χ0v) is 8.08. The van der Waals surface area contributed by atoms with Crippen LogP contribution in [0.1, 0.15) is 11.7 Å². The number of aliphatic hydroxyl groups is 2. The minimum atomic E-state index is -1.12. The number of hydrogen-bond donors (Lipinski definition) is 3. The fraction of sp³-hybridized carbons (Fsp3) is 0.333. The molecule has 0 radical (unpaired) electrons. The maximum atomic E-state index is 12.9. The van der Waals surface area contributed by atoms with Crippen LogP contribution in [0, 0.1) is 5.82 Å². The standard InChI is InChI=1S/C9H11ClFNO2/c10-6-1-5(2-7(11)3-6)9(14)8(12)4-13/h1-3,8-9,13-14H,4,12H2. The van der Waals surface area contributed by atoms with Crippen molar-refractivity contribution in [3.63, 3.8) is 0 Å². The van der Waals surface area contributed by atoms with E-state index in [0.717, 1.165) is 12.1 Å². The Balaban J connectivity index is 2.94. The van der Waals surface area contributed by atoms with Crippen molar-refractivity contribution in [3.8, 4) is 0 Å². The van der Waals surface area contributed by atoms with Gasteiger partial charge in [0, 0.05) is 5.02 Å². The number of hydrogen-bond acceptors (Lipinski definition) is 3. The lowest BCUT2D eigenvalue weighted by Crippen LogP contribution is -2.31. The second-order valence-electron chi connectivity index (χ2n) is 2.99. The lowest BCUT2D eigenvalue weighted by atomic mass is 10.0. The second-order valence-corrected chi connectivity index (χ2v) is 3.43. The van der Waals surface area contributed by atoms with Crippen LogP contribution in [-0.4, -0.2) is 22.9 Å². The molecule has 2 unspecified atom stereocenters.